The van der Waals surface area contributed by atoms with Crippen molar-refractivity contribution in [3.63, 3.8) is 0 Å². The molecule has 2 saturated carbocycles. The maximum Gasteiger partial charge on any atom is 0.104 e. The minimum Gasteiger partial charge on any atom is -0.247 e. The Hall–Kier alpha value is -0.590. The highest BCUT2D eigenvalue weighted by Crippen LogP contribution is 2.63. The van der Waals surface area contributed by atoms with Crippen molar-refractivity contribution < 1.29 is 4.39 Å². The maximum absolute atomic E-state index is 13.8. The lowest BCUT2D eigenvalue weighted by atomic mass is 9.48. The van der Waals surface area contributed by atoms with Gasteiger partial charge in [0.05, 0.1) is 0 Å². The van der Waals surface area contributed by atoms with Crippen molar-refractivity contribution in [3.8, 4) is 0 Å². The van der Waals surface area contributed by atoms with E-state index in [1.807, 2.05) is 0 Å². The fourth-order valence-electron chi connectivity index (χ4n) is 6.10. The van der Waals surface area contributed by atoms with E-state index in [9.17, 15) is 4.39 Å². The second-order valence-corrected chi connectivity index (χ2v) is 8.28. The summed E-state index contributed by atoms with van der Waals surface area (Å²) in [6.07, 6.45) is 14.6. The van der Waals surface area contributed by atoms with Crippen molar-refractivity contribution in [1.29, 1.82) is 0 Å². The average Bonchev–Trinajstić information content (AvgIpc) is 2.81. The van der Waals surface area contributed by atoms with Crippen LogP contribution in [0.25, 0.3) is 0 Å². The third kappa shape index (κ3) is 1.64. The maximum atomic E-state index is 13.8. The minimum absolute atomic E-state index is 0.315. The first-order valence-electron chi connectivity index (χ1n) is 8.54. The monoisotopic (exact) mass is 274 g/mol. The highest BCUT2D eigenvalue weighted by Gasteiger charge is 2.54. The van der Waals surface area contributed by atoms with Gasteiger partial charge in [-0.25, -0.2) is 4.39 Å². The van der Waals surface area contributed by atoms with E-state index in [0.717, 1.165) is 37.0 Å². The van der Waals surface area contributed by atoms with Gasteiger partial charge in [-0.3, -0.25) is 0 Å². The molecule has 0 aromatic carbocycles. The standard InChI is InChI=1S/C19H27F/c1-18-9-3-4-16(18)15-6-5-13-12-14(20)7-11-19(13,2)17(15)8-10-18/h3,5,9,14-17H,4,6-8,10-12H2,1-2H3/t14-,15?,16?,17?,18-,19-/m0/s1. The van der Waals surface area contributed by atoms with Crippen LogP contribution in [0.15, 0.2) is 23.8 Å². The van der Waals surface area contributed by atoms with Crippen molar-refractivity contribution in [2.24, 2.45) is 28.6 Å². The second kappa shape index (κ2) is 4.21. The molecule has 3 unspecified atom stereocenters. The molecular weight excluding hydrogens is 247 g/mol. The summed E-state index contributed by atoms with van der Waals surface area (Å²) in [6.45, 7) is 4.92. The van der Waals surface area contributed by atoms with Crippen molar-refractivity contribution in [1.82, 2.24) is 0 Å². The smallest absolute Gasteiger partial charge is 0.104 e. The molecule has 0 nitrogen and oxygen atoms in total. The van der Waals surface area contributed by atoms with Crippen molar-refractivity contribution in [2.75, 3.05) is 0 Å². The molecule has 0 bridgehead atoms. The van der Waals surface area contributed by atoms with Crippen LogP contribution in [0.5, 0.6) is 0 Å². The lowest BCUT2D eigenvalue weighted by Crippen LogP contribution is -2.49. The largest absolute Gasteiger partial charge is 0.247 e. The van der Waals surface area contributed by atoms with Crippen molar-refractivity contribution in [3.05, 3.63) is 23.8 Å². The van der Waals surface area contributed by atoms with E-state index in [2.05, 4.69) is 32.1 Å². The number of fused-ring (bicyclic) bond motifs is 5. The summed E-state index contributed by atoms with van der Waals surface area (Å²) in [4.78, 5) is 0. The molecule has 2 fully saturated rings. The van der Waals surface area contributed by atoms with Crippen LogP contribution in [0, 0.1) is 28.6 Å². The van der Waals surface area contributed by atoms with Gasteiger partial charge in [0, 0.05) is 6.42 Å². The van der Waals surface area contributed by atoms with Gasteiger partial charge in [0.25, 0.3) is 0 Å². The molecule has 4 aliphatic carbocycles. The molecule has 0 aromatic heterocycles. The molecule has 0 saturated heterocycles. The Bertz CT molecular complexity index is 476. The molecule has 1 heteroatoms. The van der Waals surface area contributed by atoms with Gasteiger partial charge >= 0.3 is 0 Å². The molecule has 20 heavy (non-hydrogen) atoms. The third-order valence-electron chi connectivity index (χ3n) is 7.37. The van der Waals surface area contributed by atoms with Crippen LogP contribution in [0.3, 0.4) is 0 Å². The highest BCUT2D eigenvalue weighted by molar-refractivity contribution is 5.26. The average molecular weight is 274 g/mol. The first kappa shape index (κ1) is 13.1. The van der Waals surface area contributed by atoms with Gasteiger partial charge < -0.3 is 0 Å². The third-order valence-corrected chi connectivity index (χ3v) is 7.37. The van der Waals surface area contributed by atoms with E-state index in [0.29, 0.717) is 10.8 Å². The summed E-state index contributed by atoms with van der Waals surface area (Å²) in [6, 6.07) is 0. The quantitative estimate of drug-likeness (QED) is 0.515. The van der Waals surface area contributed by atoms with Crippen LogP contribution in [-0.4, -0.2) is 6.17 Å². The summed E-state index contributed by atoms with van der Waals surface area (Å²) in [5.74, 6) is 2.50. The number of hydrogen-bond acceptors (Lipinski definition) is 0. The van der Waals surface area contributed by atoms with Gasteiger partial charge in [0.15, 0.2) is 0 Å². The molecular formula is C19H27F. The molecule has 0 aromatic rings. The lowest BCUT2D eigenvalue weighted by molar-refractivity contribution is -0.0194. The molecule has 4 aliphatic rings. The molecule has 0 radical (unpaired) electrons. The SMILES string of the molecule is C[C@@]12C=CCC1C1CC=C3C[C@@H](F)CC[C@]3(C)C1CC2. The molecule has 6 atom stereocenters. The van der Waals surface area contributed by atoms with Gasteiger partial charge in [-0.05, 0) is 67.1 Å². The van der Waals surface area contributed by atoms with E-state index in [1.165, 1.54) is 31.3 Å². The molecule has 0 amide bonds. The van der Waals surface area contributed by atoms with E-state index in [-0.39, 0.29) is 0 Å². The van der Waals surface area contributed by atoms with Crippen LogP contribution in [0.4, 0.5) is 4.39 Å². The first-order valence-corrected chi connectivity index (χ1v) is 8.54. The fraction of sp³-hybridized carbons (Fsp3) is 0.789. The summed E-state index contributed by atoms with van der Waals surface area (Å²) < 4.78 is 13.8. The van der Waals surface area contributed by atoms with Crippen LogP contribution >= 0.6 is 0 Å². The highest BCUT2D eigenvalue weighted by atomic mass is 19.1. The second-order valence-electron chi connectivity index (χ2n) is 8.28. The Kier molecular flexibility index (Phi) is 2.76. The van der Waals surface area contributed by atoms with Gasteiger partial charge in [-0.1, -0.05) is 37.6 Å². The zero-order valence-corrected chi connectivity index (χ0v) is 12.9. The number of halogens is 1. The fourth-order valence-corrected chi connectivity index (χ4v) is 6.10. The number of allylic oxidation sites excluding steroid dienone is 4. The lowest BCUT2D eigenvalue weighted by Gasteiger charge is -2.57. The Morgan fingerprint density at radius 3 is 2.80 bits per heavy atom. The predicted molar refractivity (Wildman–Crippen MR) is 81.1 cm³/mol. The topological polar surface area (TPSA) is 0 Å². The zero-order valence-electron chi connectivity index (χ0n) is 12.9. The predicted octanol–water partition coefficient (Wildman–Crippen LogP) is 5.45. The van der Waals surface area contributed by atoms with Crippen LogP contribution in [0.1, 0.15) is 58.8 Å². The zero-order chi connectivity index (χ0) is 14.0. The van der Waals surface area contributed by atoms with Gasteiger partial charge in [-0.2, -0.15) is 0 Å². The Labute approximate surface area is 122 Å². The first-order chi connectivity index (χ1) is 9.53. The Morgan fingerprint density at radius 2 is 1.95 bits per heavy atom. The molecule has 110 valence electrons. The molecule has 0 N–H and O–H groups in total. The molecule has 0 spiro atoms. The number of rotatable bonds is 0. The molecule has 0 aliphatic heterocycles. The van der Waals surface area contributed by atoms with Crippen molar-refractivity contribution >= 4 is 0 Å². The number of alkyl halides is 1. The molecule has 0 heterocycles. The minimum atomic E-state index is -0.576. The van der Waals surface area contributed by atoms with Gasteiger partial charge in [0.2, 0.25) is 0 Å². The van der Waals surface area contributed by atoms with Crippen LogP contribution in [-0.2, 0) is 0 Å². The van der Waals surface area contributed by atoms with Crippen LogP contribution < -0.4 is 0 Å². The summed E-state index contributed by atoms with van der Waals surface area (Å²) in [7, 11) is 0. The Morgan fingerprint density at radius 1 is 1.10 bits per heavy atom. The van der Waals surface area contributed by atoms with Gasteiger partial charge in [-0.15, -0.1) is 0 Å². The van der Waals surface area contributed by atoms with E-state index in [4.69, 9.17) is 0 Å². The summed E-state index contributed by atoms with van der Waals surface area (Å²) in [5, 5.41) is 0. The van der Waals surface area contributed by atoms with E-state index < -0.39 is 6.17 Å². The normalized spacial score (nSPS) is 53.9. The van der Waals surface area contributed by atoms with Crippen molar-refractivity contribution in [2.45, 2.75) is 65.0 Å². The van der Waals surface area contributed by atoms with Gasteiger partial charge in [0.1, 0.15) is 6.17 Å². The Balaban J connectivity index is 1.68. The van der Waals surface area contributed by atoms with E-state index in [1.54, 1.807) is 0 Å². The summed E-state index contributed by atoms with van der Waals surface area (Å²) in [5.41, 5.74) is 2.24. The van der Waals surface area contributed by atoms with E-state index >= 15 is 0 Å². The summed E-state index contributed by atoms with van der Waals surface area (Å²) >= 11 is 0. The number of hydrogen-bond donors (Lipinski definition) is 0. The van der Waals surface area contributed by atoms with Crippen LogP contribution in [0.2, 0.25) is 0 Å². The molecule has 4 rings (SSSR count).